The van der Waals surface area contributed by atoms with E-state index in [-0.39, 0.29) is 0 Å². The maximum atomic E-state index is 11.9. The van der Waals surface area contributed by atoms with Crippen LogP contribution in [-0.2, 0) is 9.84 Å². The first-order valence-electron chi connectivity index (χ1n) is 5.16. The van der Waals surface area contributed by atoms with E-state index in [4.69, 9.17) is 2.74 Å². The molecule has 0 spiro atoms. The Morgan fingerprint density at radius 3 is 1.91 bits per heavy atom. The molecule has 0 amide bonds. The first-order valence-corrected chi connectivity index (χ1v) is 5.64. The molecule has 0 radical (unpaired) electrons. The van der Waals surface area contributed by atoms with E-state index in [0.29, 0.717) is 25.7 Å². The van der Waals surface area contributed by atoms with E-state index in [1.54, 1.807) is 0 Å². The van der Waals surface area contributed by atoms with E-state index in [2.05, 4.69) is 0 Å². The van der Waals surface area contributed by atoms with Crippen molar-refractivity contribution >= 4 is 9.84 Å². The van der Waals surface area contributed by atoms with Gasteiger partial charge in [0, 0.05) is 2.74 Å². The largest absolute Gasteiger partial charge is 0.228 e. The minimum Gasteiger partial charge on any atom is -0.228 e. The van der Waals surface area contributed by atoms with Crippen molar-refractivity contribution in [3.63, 3.8) is 0 Å². The van der Waals surface area contributed by atoms with Gasteiger partial charge >= 0.3 is 0 Å². The highest BCUT2D eigenvalue weighted by Crippen LogP contribution is 2.36. The zero-order valence-electron chi connectivity index (χ0n) is 8.47. The van der Waals surface area contributed by atoms with Gasteiger partial charge in [0.1, 0.15) is 0 Å². The Bertz CT molecular complexity index is 293. The first-order chi connectivity index (χ1) is 5.91. The molecule has 0 aromatic rings. The van der Waals surface area contributed by atoms with Crippen LogP contribution in [-0.4, -0.2) is 18.9 Å². The molecule has 2 bridgehead atoms. The van der Waals surface area contributed by atoms with E-state index in [9.17, 15) is 8.42 Å². The minimum atomic E-state index is -3.53. The fourth-order valence-corrected chi connectivity index (χ4v) is 3.89. The quantitative estimate of drug-likeness (QED) is 0.560. The highest BCUT2D eigenvalue weighted by atomic mass is 32.2. The van der Waals surface area contributed by atoms with Crippen LogP contribution in [0.25, 0.3) is 0 Å². The summed E-state index contributed by atoms with van der Waals surface area (Å²) in [7, 11) is -3.53. The molecule has 2 heterocycles. The molecule has 2 unspecified atom stereocenters. The van der Waals surface area contributed by atoms with Crippen LogP contribution in [0.4, 0.5) is 0 Å². The fraction of sp³-hybridized carbons (Fsp3) is 1.00. The van der Waals surface area contributed by atoms with Gasteiger partial charge in [0.15, 0.2) is 9.84 Å². The summed E-state index contributed by atoms with van der Waals surface area (Å²) in [6, 6.07) is 0. The summed E-state index contributed by atoms with van der Waals surface area (Å²) in [5.41, 5.74) is 0. The van der Waals surface area contributed by atoms with Gasteiger partial charge in [-0.1, -0.05) is 12.8 Å². The summed E-state index contributed by atoms with van der Waals surface area (Å²) in [6.07, 6.45) is 3.14. The zero-order valence-corrected chi connectivity index (χ0v) is 7.28. The van der Waals surface area contributed by atoms with Crippen molar-refractivity contribution in [3.8, 4) is 0 Å². The smallest absolute Gasteiger partial charge is 0.156 e. The van der Waals surface area contributed by atoms with Crippen molar-refractivity contribution in [2.75, 3.05) is 0 Å². The van der Waals surface area contributed by atoms with Gasteiger partial charge in [0.2, 0.25) is 0 Å². The molecule has 2 fully saturated rings. The van der Waals surface area contributed by atoms with Gasteiger partial charge in [-0.05, 0) is 25.7 Å². The lowest BCUT2D eigenvalue weighted by atomic mass is 10.0. The Morgan fingerprint density at radius 2 is 1.45 bits per heavy atom. The number of hydrogen-bond donors (Lipinski definition) is 0. The Morgan fingerprint density at radius 1 is 1.00 bits per heavy atom. The van der Waals surface area contributed by atoms with Crippen molar-refractivity contribution in [2.24, 2.45) is 0 Å². The standard InChI is InChI=1S/C8H14O2S/c9-11(10)7-3-1-2-4-8(11)6-5-7/h7-8H,1-6H2/i7D,8D. The van der Waals surface area contributed by atoms with Crippen LogP contribution in [0.5, 0.6) is 0 Å². The summed E-state index contributed by atoms with van der Waals surface area (Å²) in [6.45, 7) is 0. The molecule has 2 aliphatic heterocycles. The van der Waals surface area contributed by atoms with Crippen molar-refractivity contribution in [3.05, 3.63) is 0 Å². The van der Waals surface area contributed by atoms with Gasteiger partial charge < -0.3 is 0 Å². The summed E-state index contributed by atoms with van der Waals surface area (Å²) >= 11 is 0. The molecule has 3 heteroatoms. The van der Waals surface area contributed by atoms with Gasteiger partial charge in [-0.3, -0.25) is 0 Å². The third kappa shape index (κ3) is 1.10. The van der Waals surface area contributed by atoms with Crippen LogP contribution in [0.3, 0.4) is 0 Å². The maximum absolute atomic E-state index is 11.9. The Hall–Kier alpha value is -0.0500. The van der Waals surface area contributed by atoms with Crippen molar-refractivity contribution in [2.45, 2.75) is 49.0 Å². The normalized spacial score (nSPS) is 57.8. The van der Waals surface area contributed by atoms with Crippen LogP contribution < -0.4 is 0 Å². The molecule has 11 heavy (non-hydrogen) atoms. The van der Waals surface area contributed by atoms with Crippen molar-refractivity contribution in [1.29, 1.82) is 0 Å². The molecule has 64 valence electrons. The molecule has 0 aliphatic carbocycles. The average Bonchev–Trinajstić information content (AvgIpc) is 2.15. The summed E-state index contributed by atoms with van der Waals surface area (Å²) < 4.78 is 39.5. The second-order valence-electron chi connectivity index (χ2n) is 3.29. The second-order valence-corrected chi connectivity index (χ2v) is 5.45. The number of rotatable bonds is 0. The first kappa shape index (κ1) is 5.57. The highest BCUT2D eigenvalue weighted by molar-refractivity contribution is 7.92. The van der Waals surface area contributed by atoms with E-state index in [1.165, 1.54) is 0 Å². The molecule has 0 saturated carbocycles. The van der Waals surface area contributed by atoms with Gasteiger partial charge in [0.25, 0.3) is 0 Å². The predicted molar refractivity (Wildman–Crippen MR) is 44.2 cm³/mol. The topological polar surface area (TPSA) is 34.1 Å². The second kappa shape index (κ2) is 2.47. The minimum absolute atomic E-state index is 0.360. The van der Waals surface area contributed by atoms with Gasteiger partial charge in [-0.15, -0.1) is 0 Å². The van der Waals surface area contributed by atoms with Crippen molar-refractivity contribution in [1.82, 2.24) is 0 Å². The predicted octanol–water partition coefficient (Wildman–Crippen LogP) is 1.51. The number of fused-ring (bicyclic) bond motifs is 2. The highest BCUT2D eigenvalue weighted by Gasteiger charge is 2.41. The summed E-state index contributed by atoms with van der Waals surface area (Å²) in [5, 5.41) is -2.66. The van der Waals surface area contributed by atoms with Gasteiger partial charge in [-0.25, -0.2) is 8.42 Å². The van der Waals surface area contributed by atoms with Gasteiger partial charge in [-0.2, -0.15) is 0 Å². The van der Waals surface area contributed by atoms with Crippen molar-refractivity contribution < 1.29 is 11.2 Å². The molecule has 0 aromatic heterocycles. The van der Waals surface area contributed by atoms with Gasteiger partial charge in [0.05, 0.1) is 10.5 Å². The lowest BCUT2D eigenvalue weighted by Gasteiger charge is -2.06. The average molecular weight is 176 g/mol. The molecule has 2 nitrogen and oxygen atoms in total. The monoisotopic (exact) mass is 176 g/mol. The maximum Gasteiger partial charge on any atom is 0.156 e. The molecule has 2 atom stereocenters. The lowest BCUT2D eigenvalue weighted by Crippen LogP contribution is -2.20. The van der Waals surface area contributed by atoms with E-state index in [1.807, 2.05) is 0 Å². The van der Waals surface area contributed by atoms with Crippen LogP contribution in [0, 0.1) is 0 Å². The Balaban J connectivity index is 2.54. The van der Waals surface area contributed by atoms with E-state index < -0.39 is 20.3 Å². The summed E-state index contributed by atoms with van der Waals surface area (Å²) in [4.78, 5) is 0. The molecular formula is C8H14O2S. The van der Waals surface area contributed by atoms with E-state index >= 15 is 0 Å². The number of sulfone groups is 1. The van der Waals surface area contributed by atoms with Crippen LogP contribution in [0.2, 0.25) is 0 Å². The fourth-order valence-electron chi connectivity index (χ4n) is 1.91. The molecular weight excluding hydrogens is 160 g/mol. The molecule has 2 saturated heterocycles. The Kier molecular flexibility index (Phi) is 1.25. The SMILES string of the molecule is [2H]C12CCCCC([2H])(CC1)S2(=O)=O. The van der Waals surface area contributed by atoms with Crippen LogP contribution in [0.1, 0.15) is 41.3 Å². The summed E-state index contributed by atoms with van der Waals surface area (Å²) in [5.74, 6) is 0. The zero-order chi connectivity index (χ0) is 9.74. The molecule has 0 N–H and O–H groups in total. The molecule has 0 aromatic carbocycles. The van der Waals surface area contributed by atoms with Crippen LogP contribution in [0.15, 0.2) is 0 Å². The third-order valence-corrected chi connectivity index (χ3v) is 4.94. The molecule has 2 aliphatic rings. The lowest BCUT2D eigenvalue weighted by molar-refractivity contribution is 0.556. The third-order valence-electron chi connectivity index (χ3n) is 2.60. The number of hydrogen-bond acceptors (Lipinski definition) is 2. The molecule has 2 rings (SSSR count). The Labute approximate surface area is 70.7 Å². The van der Waals surface area contributed by atoms with E-state index in [0.717, 1.165) is 12.8 Å². The van der Waals surface area contributed by atoms with Crippen LogP contribution >= 0.6 is 0 Å².